The molecule has 1 N–H and O–H groups in total. The number of nitrogens with one attached hydrogen (secondary N) is 1. The molecule has 1 saturated heterocycles. The van der Waals surface area contributed by atoms with Crippen LogP contribution in [0.2, 0.25) is 5.02 Å². The van der Waals surface area contributed by atoms with Gasteiger partial charge in [-0.15, -0.1) is 0 Å². The first-order valence-corrected chi connectivity index (χ1v) is 9.53. The summed E-state index contributed by atoms with van der Waals surface area (Å²) in [5.41, 5.74) is 2.81. The number of aromatic nitrogens is 3. The van der Waals surface area contributed by atoms with Gasteiger partial charge in [0.15, 0.2) is 5.82 Å². The molecule has 1 aromatic carbocycles. The fourth-order valence-corrected chi connectivity index (χ4v) is 3.44. The van der Waals surface area contributed by atoms with Gasteiger partial charge in [0.25, 0.3) is 0 Å². The van der Waals surface area contributed by atoms with Crippen molar-refractivity contribution in [3.05, 3.63) is 59.9 Å². The van der Waals surface area contributed by atoms with Crippen LogP contribution >= 0.6 is 11.6 Å². The minimum Gasteiger partial charge on any atom is -0.351 e. The number of benzene rings is 1. The Balaban J connectivity index is 1.82. The lowest BCUT2D eigenvalue weighted by Crippen LogP contribution is -2.54. The molecule has 0 amide bonds. The Hall–Kier alpha value is -2.50. The van der Waals surface area contributed by atoms with Crippen LogP contribution in [0.4, 0.5) is 5.82 Å². The highest BCUT2D eigenvalue weighted by molar-refractivity contribution is 6.30. The van der Waals surface area contributed by atoms with Crippen molar-refractivity contribution in [2.45, 2.75) is 25.9 Å². The van der Waals surface area contributed by atoms with Crippen LogP contribution in [0.25, 0.3) is 22.6 Å². The molecule has 1 aliphatic heterocycles. The first-order chi connectivity index (χ1) is 13.1. The SMILES string of the molecule is C[C@@H]1CN(c2cc(-c3ccc(Cl)cc3)nc(-c3cccnc3)n2)[C@@H](C)CN1. The second kappa shape index (κ2) is 7.62. The van der Waals surface area contributed by atoms with Crippen LogP contribution in [0, 0.1) is 0 Å². The van der Waals surface area contributed by atoms with E-state index in [9.17, 15) is 0 Å². The van der Waals surface area contributed by atoms with Gasteiger partial charge in [-0.3, -0.25) is 4.98 Å². The molecule has 3 aromatic rings. The van der Waals surface area contributed by atoms with E-state index in [1.54, 1.807) is 12.4 Å². The molecule has 0 saturated carbocycles. The molecule has 3 heterocycles. The van der Waals surface area contributed by atoms with E-state index in [2.05, 4.69) is 35.1 Å². The average Bonchev–Trinajstić information content (AvgIpc) is 2.70. The van der Waals surface area contributed by atoms with Gasteiger partial charge in [-0.25, -0.2) is 9.97 Å². The Morgan fingerprint density at radius 2 is 1.89 bits per heavy atom. The molecule has 0 unspecified atom stereocenters. The zero-order chi connectivity index (χ0) is 18.8. The normalized spacial score (nSPS) is 19.9. The third-order valence-corrected chi connectivity index (χ3v) is 5.08. The molecule has 1 fully saturated rings. The molecule has 0 bridgehead atoms. The summed E-state index contributed by atoms with van der Waals surface area (Å²) in [5, 5.41) is 4.23. The highest BCUT2D eigenvalue weighted by Gasteiger charge is 2.24. The van der Waals surface area contributed by atoms with Crippen molar-refractivity contribution in [2.75, 3.05) is 18.0 Å². The second-order valence-electron chi connectivity index (χ2n) is 6.99. The molecule has 27 heavy (non-hydrogen) atoms. The monoisotopic (exact) mass is 379 g/mol. The van der Waals surface area contributed by atoms with Crippen LogP contribution in [0.15, 0.2) is 54.9 Å². The van der Waals surface area contributed by atoms with Gasteiger partial charge in [0.2, 0.25) is 0 Å². The number of anilines is 1. The molecule has 2 atom stereocenters. The quantitative estimate of drug-likeness (QED) is 0.744. The van der Waals surface area contributed by atoms with Gasteiger partial charge >= 0.3 is 0 Å². The molecule has 0 aliphatic carbocycles. The number of hydrogen-bond acceptors (Lipinski definition) is 5. The van der Waals surface area contributed by atoms with Gasteiger partial charge in [0.05, 0.1) is 5.69 Å². The maximum Gasteiger partial charge on any atom is 0.163 e. The second-order valence-corrected chi connectivity index (χ2v) is 7.43. The average molecular weight is 380 g/mol. The summed E-state index contributed by atoms with van der Waals surface area (Å²) >= 11 is 6.06. The zero-order valence-corrected chi connectivity index (χ0v) is 16.2. The molecular weight excluding hydrogens is 358 g/mol. The van der Waals surface area contributed by atoms with E-state index < -0.39 is 0 Å². The van der Waals surface area contributed by atoms with E-state index in [1.165, 1.54) is 0 Å². The predicted molar refractivity (Wildman–Crippen MR) is 110 cm³/mol. The molecular formula is C21H22ClN5. The standard InChI is InChI=1S/C21H22ClN5/c1-14-13-27(15(2)11-24-14)20-10-19(16-5-7-18(22)8-6-16)25-21(26-20)17-4-3-9-23-12-17/h3-10,12,14-15,24H,11,13H2,1-2H3/t14-,15+/m1/s1. The van der Waals surface area contributed by atoms with Gasteiger partial charge in [-0.1, -0.05) is 23.7 Å². The van der Waals surface area contributed by atoms with Gasteiger partial charge < -0.3 is 10.2 Å². The summed E-state index contributed by atoms with van der Waals surface area (Å²) < 4.78 is 0. The number of nitrogens with zero attached hydrogens (tertiary/aromatic N) is 4. The Kier molecular flexibility index (Phi) is 5.05. The van der Waals surface area contributed by atoms with Crippen molar-refractivity contribution in [3.63, 3.8) is 0 Å². The Labute approximate surface area is 164 Å². The van der Waals surface area contributed by atoms with Crippen molar-refractivity contribution in [2.24, 2.45) is 0 Å². The van der Waals surface area contributed by atoms with E-state index in [0.717, 1.165) is 35.7 Å². The third-order valence-electron chi connectivity index (χ3n) is 4.83. The topological polar surface area (TPSA) is 53.9 Å². The first kappa shape index (κ1) is 17.9. The maximum absolute atomic E-state index is 6.06. The molecule has 4 rings (SSSR count). The zero-order valence-electron chi connectivity index (χ0n) is 15.4. The van der Waals surface area contributed by atoms with Gasteiger partial charge in [0.1, 0.15) is 5.82 Å². The van der Waals surface area contributed by atoms with Crippen LogP contribution in [-0.4, -0.2) is 40.1 Å². The predicted octanol–water partition coefficient (Wildman–Crippen LogP) is 4.05. The van der Waals surface area contributed by atoms with Crippen molar-refractivity contribution < 1.29 is 0 Å². The Morgan fingerprint density at radius 3 is 2.63 bits per heavy atom. The largest absolute Gasteiger partial charge is 0.351 e. The van der Waals surface area contributed by atoms with Gasteiger partial charge in [-0.05, 0) is 38.1 Å². The number of pyridine rings is 1. The molecule has 6 heteroatoms. The molecule has 138 valence electrons. The minimum atomic E-state index is 0.357. The summed E-state index contributed by atoms with van der Waals surface area (Å²) in [4.78, 5) is 16.3. The molecule has 1 aliphatic rings. The van der Waals surface area contributed by atoms with Crippen molar-refractivity contribution in [1.82, 2.24) is 20.3 Å². The number of halogens is 1. The molecule has 5 nitrogen and oxygen atoms in total. The fraction of sp³-hybridized carbons (Fsp3) is 0.286. The van der Waals surface area contributed by atoms with E-state index in [1.807, 2.05) is 36.4 Å². The van der Waals surface area contributed by atoms with Crippen LogP contribution in [0.5, 0.6) is 0 Å². The third kappa shape index (κ3) is 3.94. The summed E-state index contributed by atoms with van der Waals surface area (Å²) in [6, 6.07) is 14.5. The van der Waals surface area contributed by atoms with E-state index in [4.69, 9.17) is 21.6 Å². The highest BCUT2D eigenvalue weighted by atomic mass is 35.5. The summed E-state index contributed by atoms with van der Waals surface area (Å²) in [5.74, 6) is 1.62. The summed E-state index contributed by atoms with van der Waals surface area (Å²) in [7, 11) is 0. The van der Waals surface area contributed by atoms with Crippen molar-refractivity contribution in [3.8, 4) is 22.6 Å². The highest BCUT2D eigenvalue weighted by Crippen LogP contribution is 2.28. The van der Waals surface area contributed by atoms with E-state index in [-0.39, 0.29) is 0 Å². The Bertz CT molecular complexity index is 914. The lowest BCUT2D eigenvalue weighted by molar-refractivity contribution is 0.422. The van der Waals surface area contributed by atoms with Crippen molar-refractivity contribution >= 4 is 17.4 Å². The summed E-state index contributed by atoms with van der Waals surface area (Å²) in [6.07, 6.45) is 3.56. The van der Waals surface area contributed by atoms with Crippen LogP contribution in [-0.2, 0) is 0 Å². The van der Waals surface area contributed by atoms with Crippen LogP contribution in [0.3, 0.4) is 0 Å². The first-order valence-electron chi connectivity index (χ1n) is 9.15. The fourth-order valence-electron chi connectivity index (χ4n) is 3.32. The lowest BCUT2D eigenvalue weighted by Gasteiger charge is -2.38. The molecule has 2 aromatic heterocycles. The number of piperazine rings is 1. The number of rotatable bonds is 3. The number of hydrogen-bond donors (Lipinski definition) is 1. The van der Waals surface area contributed by atoms with Crippen LogP contribution < -0.4 is 10.2 Å². The molecule has 0 spiro atoms. The molecule has 0 radical (unpaired) electrons. The van der Waals surface area contributed by atoms with Gasteiger partial charge in [-0.2, -0.15) is 0 Å². The van der Waals surface area contributed by atoms with Crippen LogP contribution in [0.1, 0.15) is 13.8 Å². The van der Waals surface area contributed by atoms with Crippen molar-refractivity contribution in [1.29, 1.82) is 0 Å². The maximum atomic E-state index is 6.06. The Morgan fingerprint density at radius 1 is 1.07 bits per heavy atom. The minimum absolute atomic E-state index is 0.357. The lowest BCUT2D eigenvalue weighted by atomic mass is 10.1. The van der Waals surface area contributed by atoms with E-state index >= 15 is 0 Å². The smallest absolute Gasteiger partial charge is 0.163 e. The van der Waals surface area contributed by atoms with E-state index in [0.29, 0.717) is 22.9 Å². The van der Waals surface area contributed by atoms with Gasteiger partial charge in [0, 0.05) is 59.8 Å². The summed E-state index contributed by atoms with van der Waals surface area (Å²) in [6.45, 7) is 6.25.